The molecule has 2 aromatic rings. The first-order chi connectivity index (χ1) is 15.8. The SMILES string of the molecule is c1ccc(SC[C@@H]2CCC[C@]3(OCCO[C@@]34CCC[C@@H](CSc3ccccc3)O4)O2)cc1. The number of rotatable bonds is 6. The molecular weight excluding hydrogens is 440 g/mol. The molecule has 2 spiro atoms. The molecule has 0 bridgehead atoms. The smallest absolute Gasteiger partial charge is 0.224 e. The highest BCUT2D eigenvalue weighted by Gasteiger charge is 2.61. The summed E-state index contributed by atoms with van der Waals surface area (Å²) < 4.78 is 26.3. The van der Waals surface area contributed by atoms with Gasteiger partial charge in [-0.1, -0.05) is 36.4 Å². The summed E-state index contributed by atoms with van der Waals surface area (Å²) in [6.45, 7) is 1.13. The van der Waals surface area contributed by atoms with Gasteiger partial charge in [0.25, 0.3) is 0 Å². The molecule has 0 saturated carbocycles. The Bertz CT molecular complexity index is 772. The zero-order valence-corrected chi connectivity index (χ0v) is 20.1. The number of benzene rings is 2. The van der Waals surface area contributed by atoms with E-state index in [9.17, 15) is 0 Å². The van der Waals surface area contributed by atoms with Gasteiger partial charge in [-0.05, 0) is 49.9 Å². The molecule has 2 aromatic carbocycles. The van der Waals surface area contributed by atoms with E-state index in [2.05, 4.69) is 60.7 Å². The van der Waals surface area contributed by atoms with E-state index < -0.39 is 11.6 Å². The molecule has 0 amide bonds. The van der Waals surface area contributed by atoms with Crippen molar-refractivity contribution in [3.63, 3.8) is 0 Å². The van der Waals surface area contributed by atoms with Crippen molar-refractivity contribution in [1.29, 1.82) is 0 Å². The lowest BCUT2D eigenvalue weighted by Gasteiger charge is -2.56. The van der Waals surface area contributed by atoms with Crippen molar-refractivity contribution in [3.05, 3.63) is 60.7 Å². The van der Waals surface area contributed by atoms with Gasteiger partial charge in [-0.15, -0.1) is 23.5 Å². The summed E-state index contributed by atoms with van der Waals surface area (Å²) in [4.78, 5) is 2.55. The Hall–Kier alpha value is -1.02. The molecule has 4 atom stereocenters. The van der Waals surface area contributed by atoms with Crippen molar-refractivity contribution < 1.29 is 18.9 Å². The zero-order valence-electron chi connectivity index (χ0n) is 18.4. The molecule has 0 radical (unpaired) electrons. The Morgan fingerprint density at radius 3 is 1.53 bits per heavy atom. The molecule has 3 aliphatic rings. The fourth-order valence-corrected chi connectivity index (χ4v) is 6.88. The largest absolute Gasteiger partial charge is 0.343 e. The fourth-order valence-electron chi connectivity index (χ4n) is 4.95. The van der Waals surface area contributed by atoms with E-state index >= 15 is 0 Å². The minimum atomic E-state index is -0.790. The molecule has 4 nitrogen and oxygen atoms in total. The van der Waals surface area contributed by atoms with Crippen molar-refractivity contribution in [3.8, 4) is 0 Å². The summed E-state index contributed by atoms with van der Waals surface area (Å²) in [7, 11) is 0. The van der Waals surface area contributed by atoms with Crippen molar-refractivity contribution in [1.82, 2.24) is 0 Å². The van der Waals surface area contributed by atoms with E-state index in [4.69, 9.17) is 18.9 Å². The lowest BCUT2D eigenvalue weighted by atomic mass is 9.87. The second-order valence-corrected chi connectivity index (χ2v) is 10.9. The molecule has 3 aliphatic heterocycles. The molecule has 3 saturated heterocycles. The summed E-state index contributed by atoms with van der Waals surface area (Å²) in [6, 6.07) is 21.1. The lowest BCUT2D eigenvalue weighted by molar-refractivity contribution is -0.466. The van der Waals surface area contributed by atoms with E-state index in [-0.39, 0.29) is 12.2 Å². The lowest BCUT2D eigenvalue weighted by Crippen LogP contribution is -2.68. The van der Waals surface area contributed by atoms with Crippen LogP contribution in [0.5, 0.6) is 0 Å². The number of fused-ring (bicyclic) bond motifs is 1. The van der Waals surface area contributed by atoms with E-state index in [1.807, 2.05) is 23.5 Å². The molecule has 32 heavy (non-hydrogen) atoms. The number of thioether (sulfide) groups is 2. The van der Waals surface area contributed by atoms with Gasteiger partial charge in [0.1, 0.15) is 0 Å². The predicted octanol–water partition coefficient (Wildman–Crippen LogP) is 6.15. The van der Waals surface area contributed by atoms with E-state index in [0.29, 0.717) is 13.2 Å². The van der Waals surface area contributed by atoms with E-state index in [1.54, 1.807) is 0 Å². The molecule has 172 valence electrons. The van der Waals surface area contributed by atoms with Crippen LogP contribution in [0.25, 0.3) is 0 Å². The van der Waals surface area contributed by atoms with Gasteiger partial charge in [-0.2, -0.15) is 0 Å². The van der Waals surface area contributed by atoms with Gasteiger partial charge in [0.05, 0.1) is 25.4 Å². The molecule has 0 N–H and O–H groups in total. The fraction of sp³-hybridized carbons (Fsp3) is 0.538. The maximum Gasteiger partial charge on any atom is 0.224 e. The minimum absolute atomic E-state index is 0.134. The highest BCUT2D eigenvalue weighted by atomic mass is 32.2. The van der Waals surface area contributed by atoms with Crippen LogP contribution in [-0.2, 0) is 18.9 Å². The van der Waals surface area contributed by atoms with Crippen molar-refractivity contribution in [2.75, 3.05) is 24.7 Å². The summed E-state index contributed by atoms with van der Waals surface area (Å²) >= 11 is 3.70. The first kappa shape index (κ1) is 22.8. The van der Waals surface area contributed by atoms with Crippen LogP contribution in [0.2, 0.25) is 0 Å². The first-order valence-corrected chi connectivity index (χ1v) is 13.7. The Balaban J connectivity index is 1.26. The minimum Gasteiger partial charge on any atom is -0.343 e. The van der Waals surface area contributed by atoms with E-state index in [1.165, 1.54) is 9.79 Å². The van der Waals surface area contributed by atoms with Crippen LogP contribution in [0, 0.1) is 0 Å². The molecule has 0 unspecified atom stereocenters. The quantitative estimate of drug-likeness (QED) is 0.470. The Morgan fingerprint density at radius 1 is 0.656 bits per heavy atom. The van der Waals surface area contributed by atoms with Crippen LogP contribution in [0.4, 0.5) is 0 Å². The van der Waals surface area contributed by atoms with Gasteiger partial charge in [0, 0.05) is 34.1 Å². The van der Waals surface area contributed by atoms with Crippen molar-refractivity contribution in [2.24, 2.45) is 0 Å². The van der Waals surface area contributed by atoms with Crippen molar-refractivity contribution >= 4 is 23.5 Å². The van der Waals surface area contributed by atoms with Gasteiger partial charge in [0.15, 0.2) is 0 Å². The number of ether oxygens (including phenoxy) is 4. The molecule has 5 rings (SSSR count). The van der Waals surface area contributed by atoms with Crippen molar-refractivity contribution in [2.45, 2.75) is 72.1 Å². The van der Waals surface area contributed by atoms with Gasteiger partial charge in [-0.25, -0.2) is 0 Å². The maximum atomic E-state index is 6.74. The third-order valence-corrected chi connectivity index (χ3v) is 8.76. The van der Waals surface area contributed by atoms with Gasteiger partial charge in [-0.3, -0.25) is 0 Å². The summed E-state index contributed by atoms with van der Waals surface area (Å²) in [5, 5.41) is 0. The Morgan fingerprint density at radius 2 is 1.09 bits per heavy atom. The highest BCUT2D eigenvalue weighted by Crippen LogP contribution is 2.49. The predicted molar refractivity (Wildman–Crippen MR) is 129 cm³/mol. The number of hydrogen-bond acceptors (Lipinski definition) is 6. The molecule has 0 aliphatic carbocycles. The monoisotopic (exact) mass is 472 g/mol. The summed E-state index contributed by atoms with van der Waals surface area (Å²) in [5.74, 6) is 0.250. The average molecular weight is 473 g/mol. The second kappa shape index (κ2) is 10.5. The van der Waals surface area contributed by atoms with Crippen LogP contribution >= 0.6 is 23.5 Å². The second-order valence-electron chi connectivity index (χ2n) is 8.72. The van der Waals surface area contributed by atoms with Gasteiger partial charge >= 0.3 is 0 Å². The molecular formula is C26H32O4S2. The van der Waals surface area contributed by atoms with Crippen LogP contribution in [-0.4, -0.2) is 48.5 Å². The number of hydrogen-bond donors (Lipinski definition) is 0. The maximum absolute atomic E-state index is 6.74. The summed E-state index contributed by atoms with van der Waals surface area (Å²) in [6.07, 6.45) is 6.17. The molecule has 6 heteroatoms. The highest BCUT2D eigenvalue weighted by molar-refractivity contribution is 7.99. The topological polar surface area (TPSA) is 36.9 Å². The Kier molecular flexibility index (Phi) is 7.46. The standard InChI is InChI=1S/C26H32O4S2/c1-3-11-23(12-4-1)31-19-21-9-7-15-25(29-21)26(28-18-17-27-25)16-8-10-22(30-26)20-32-24-13-5-2-6-14-24/h1-6,11-14,21-22H,7-10,15-20H2/t21-,22-,25-,26+/m0/s1. The first-order valence-electron chi connectivity index (χ1n) is 11.8. The van der Waals surface area contributed by atoms with Crippen LogP contribution < -0.4 is 0 Å². The van der Waals surface area contributed by atoms with E-state index in [0.717, 1.165) is 50.0 Å². The summed E-state index contributed by atoms with van der Waals surface area (Å²) in [5.41, 5.74) is 0. The average Bonchev–Trinajstić information content (AvgIpc) is 2.85. The molecule has 0 aromatic heterocycles. The normalized spacial score (nSPS) is 32.9. The van der Waals surface area contributed by atoms with Gasteiger partial charge < -0.3 is 18.9 Å². The van der Waals surface area contributed by atoms with Crippen LogP contribution in [0.1, 0.15) is 38.5 Å². The molecule has 3 fully saturated rings. The van der Waals surface area contributed by atoms with Crippen LogP contribution in [0.15, 0.2) is 70.5 Å². The zero-order chi connectivity index (χ0) is 21.7. The molecule has 3 heterocycles. The van der Waals surface area contributed by atoms with Crippen LogP contribution in [0.3, 0.4) is 0 Å². The Labute approximate surface area is 199 Å². The third kappa shape index (κ3) is 5.06. The third-order valence-electron chi connectivity index (χ3n) is 6.47. The van der Waals surface area contributed by atoms with Gasteiger partial charge in [0.2, 0.25) is 11.6 Å².